The number of benzene rings is 4. The minimum absolute atomic E-state index is 0.886. The Labute approximate surface area is 191 Å². The van der Waals surface area contributed by atoms with Crippen molar-refractivity contribution in [2.24, 2.45) is 0 Å². The zero-order valence-corrected chi connectivity index (χ0v) is 18.5. The van der Waals surface area contributed by atoms with Crippen LogP contribution < -0.4 is 0 Å². The summed E-state index contributed by atoms with van der Waals surface area (Å²) >= 11 is 0. The van der Waals surface area contributed by atoms with Crippen LogP contribution >= 0.6 is 0 Å². The number of fused-ring (bicyclic) bond motifs is 7. The second kappa shape index (κ2) is 6.63. The first-order valence-corrected chi connectivity index (χ1v) is 11.3. The van der Waals surface area contributed by atoms with E-state index in [2.05, 4.69) is 120 Å². The molecular formula is C30H22N2O. The average molecular weight is 427 g/mol. The summed E-state index contributed by atoms with van der Waals surface area (Å²) in [6.07, 6.45) is 0. The van der Waals surface area contributed by atoms with Gasteiger partial charge in [0.1, 0.15) is 0 Å². The van der Waals surface area contributed by atoms with Crippen molar-refractivity contribution in [2.75, 3.05) is 0 Å². The van der Waals surface area contributed by atoms with Gasteiger partial charge in [0.25, 0.3) is 0 Å². The summed E-state index contributed by atoms with van der Waals surface area (Å²) in [5.74, 6) is 0. The van der Waals surface area contributed by atoms with Gasteiger partial charge in [-0.05, 0) is 50.2 Å². The average Bonchev–Trinajstić information content (AvgIpc) is 3.46. The Morgan fingerprint density at radius 1 is 0.485 bits per heavy atom. The zero-order chi connectivity index (χ0) is 22.1. The minimum atomic E-state index is 0.886. The third kappa shape index (κ3) is 2.50. The van der Waals surface area contributed by atoms with Crippen molar-refractivity contribution in [2.45, 2.75) is 13.8 Å². The van der Waals surface area contributed by atoms with Gasteiger partial charge in [-0.25, -0.2) is 0 Å². The van der Waals surface area contributed by atoms with Crippen LogP contribution in [0.3, 0.4) is 0 Å². The molecule has 0 radical (unpaired) electrons. The topological polar surface area (TPSA) is 23.0 Å². The molecule has 0 fully saturated rings. The number of aromatic nitrogens is 2. The maximum absolute atomic E-state index is 6.78. The van der Waals surface area contributed by atoms with Gasteiger partial charge in [0.2, 0.25) is 11.4 Å². The van der Waals surface area contributed by atoms with Crippen LogP contribution in [0.1, 0.15) is 11.1 Å². The smallest absolute Gasteiger partial charge is 0.215 e. The summed E-state index contributed by atoms with van der Waals surface area (Å²) in [5, 5.41) is 4.75. The van der Waals surface area contributed by atoms with Gasteiger partial charge in [0.05, 0.1) is 21.8 Å². The molecule has 158 valence electrons. The highest BCUT2D eigenvalue weighted by Crippen LogP contribution is 2.44. The van der Waals surface area contributed by atoms with Crippen molar-refractivity contribution in [3.8, 4) is 11.4 Å². The lowest BCUT2D eigenvalue weighted by atomic mass is 10.1. The monoisotopic (exact) mass is 426 g/mol. The molecule has 0 bridgehead atoms. The second-order valence-electron chi connectivity index (χ2n) is 8.84. The Morgan fingerprint density at radius 2 is 0.879 bits per heavy atom. The Hall–Kier alpha value is -4.24. The standard InChI is InChI=1S/C30H22N2O/c1-19-11-15-21(16-12-19)31-25-9-5-3-7-23(25)27-28-24-8-4-6-10-26(24)32(30(28)33-29(27)31)22-17-13-20(2)14-18-22/h3-18H,1-2H3. The Morgan fingerprint density at radius 3 is 1.30 bits per heavy atom. The lowest BCUT2D eigenvalue weighted by Crippen LogP contribution is -1.94. The van der Waals surface area contributed by atoms with Gasteiger partial charge in [-0.15, -0.1) is 0 Å². The largest absolute Gasteiger partial charge is 0.422 e. The molecular weight excluding hydrogens is 404 g/mol. The molecule has 0 aliphatic rings. The van der Waals surface area contributed by atoms with Gasteiger partial charge in [0.15, 0.2) is 0 Å². The van der Waals surface area contributed by atoms with Gasteiger partial charge >= 0.3 is 0 Å². The summed E-state index contributed by atoms with van der Waals surface area (Å²) in [5.41, 5.74) is 8.78. The number of nitrogens with zero attached hydrogens (tertiary/aromatic N) is 2. The number of aryl methyl sites for hydroxylation is 2. The van der Waals surface area contributed by atoms with Crippen LogP contribution in [0, 0.1) is 13.8 Å². The van der Waals surface area contributed by atoms with E-state index in [4.69, 9.17) is 4.42 Å². The lowest BCUT2D eigenvalue weighted by Gasteiger charge is -2.08. The molecule has 4 aromatic carbocycles. The zero-order valence-electron chi connectivity index (χ0n) is 18.5. The van der Waals surface area contributed by atoms with E-state index in [-0.39, 0.29) is 0 Å². The highest BCUT2D eigenvalue weighted by Gasteiger charge is 2.24. The summed E-state index contributed by atoms with van der Waals surface area (Å²) in [6, 6.07) is 34.5. The molecule has 3 nitrogen and oxygen atoms in total. The van der Waals surface area contributed by atoms with Crippen molar-refractivity contribution in [1.29, 1.82) is 0 Å². The Balaban J connectivity index is 1.69. The van der Waals surface area contributed by atoms with Crippen molar-refractivity contribution >= 4 is 44.0 Å². The quantitative estimate of drug-likeness (QED) is 0.274. The van der Waals surface area contributed by atoms with Gasteiger partial charge in [0, 0.05) is 22.1 Å². The molecule has 0 atom stereocenters. The fourth-order valence-corrected chi connectivity index (χ4v) is 5.10. The van der Waals surface area contributed by atoms with Crippen molar-refractivity contribution < 1.29 is 4.42 Å². The Bertz CT molecular complexity index is 1680. The molecule has 3 heterocycles. The molecule has 0 amide bonds. The molecule has 0 aliphatic heterocycles. The predicted octanol–water partition coefficient (Wildman–Crippen LogP) is 8.09. The van der Waals surface area contributed by atoms with Crippen LogP contribution in [-0.4, -0.2) is 9.13 Å². The molecule has 0 saturated heterocycles. The van der Waals surface area contributed by atoms with E-state index in [0.29, 0.717) is 0 Å². The SMILES string of the molecule is Cc1ccc(-n2c3ccccc3c3c4c5ccccc5n(-c5ccc(C)cc5)c4oc32)cc1. The summed E-state index contributed by atoms with van der Waals surface area (Å²) < 4.78 is 11.3. The molecule has 33 heavy (non-hydrogen) atoms. The molecule has 7 rings (SSSR count). The van der Waals surface area contributed by atoms with Gasteiger partial charge < -0.3 is 4.42 Å². The van der Waals surface area contributed by atoms with Crippen LogP contribution in [0.4, 0.5) is 0 Å². The highest BCUT2D eigenvalue weighted by atomic mass is 16.4. The molecule has 0 saturated carbocycles. The van der Waals surface area contributed by atoms with Crippen LogP contribution in [0.15, 0.2) is 101 Å². The van der Waals surface area contributed by atoms with E-state index in [1.54, 1.807) is 0 Å². The third-order valence-corrected chi connectivity index (χ3v) is 6.69. The maximum Gasteiger partial charge on any atom is 0.215 e. The van der Waals surface area contributed by atoms with Gasteiger partial charge in [-0.3, -0.25) is 9.13 Å². The molecule has 0 unspecified atom stereocenters. The third-order valence-electron chi connectivity index (χ3n) is 6.69. The van der Waals surface area contributed by atoms with E-state index < -0.39 is 0 Å². The van der Waals surface area contributed by atoms with Crippen molar-refractivity contribution in [3.63, 3.8) is 0 Å². The van der Waals surface area contributed by atoms with Gasteiger partial charge in [-0.2, -0.15) is 0 Å². The first-order chi connectivity index (χ1) is 16.2. The van der Waals surface area contributed by atoms with E-state index >= 15 is 0 Å². The molecule has 0 aliphatic carbocycles. The van der Waals surface area contributed by atoms with Crippen LogP contribution in [0.2, 0.25) is 0 Å². The maximum atomic E-state index is 6.78. The van der Waals surface area contributed by atoms with E-state index in [0.717, 1.165) is 33.8 Å². The second-order valence-corrected chi connectivity index (χ2v) is 8.84. The van der Waals surface area contributed by atoms with Crippen molar-refractivity contribution in [1.82, 2.24) is 9.13 Å². The number of hydrogen-bond acceptors (Lipinski definition) is 1. The first kappa shape index (κ1) is 18.3. The summed E-state index contributed by atoms with van der Waals surface area (Å²) in [4.78, 5) is 0. The number of furan rings is 1. The highest BCUT2D eigenvalue weighted by molar-refractivity contribution is 6.27. The number of rotatable bonds is 2. The van der Waals surface area contributed by atoms with E-state index in [1.807, 2.05) is 0 Å². The summed E-state index contributed by atoms with van der Waals surface area (Å²) in [7, 11) is 0. The van der Waals surface area contributed by atoms with Gasteiger partial charge in [-0.1, -0.05) is 71.8 Å². The van der Waals surface area contributed by atoms with E-state index in [9.17, 15) is 0 Å². The van der Waals surface area contributed by atoms with Crippen LogP contribution in [-0.2, 0) is 0 Å². The van der Waals surface area contributed by atoms with Crippen LogP contribution in [0.25, 0.3) is 55.4 Å². The fourth-order valence-electron chi connectivity index (χ4n) is 5.10. The normalized spacial score (nSPS) is 11.9. The molecule has 3 heteroatoms. The minimum Gasteiger partial charge on any atom is -0.422 e. The predicted molar refractivity (Wildman–Crippen MR) is 137 cm³/mol. The van der Waals surface area contributed by atoms with E-state index in [1.165, 1.54) is 32.7 Å². The molecule has 3 aromatic heterocycles. The molecule has 0 N–H and O–H groups in total. The molecule has 0 spiro atoms. The lowest BCUT2D eigenvalue weighted by molar-refractivity contribution is 0.624. The van der Waals surface area contributed by atoms with Crippen LogP contribution in [0.5, 0.6) is 0 Å². The number of para-hydroxylation sites is 2. The Kier molecular flexibility index (Phi) is 3.68. The molecule has 7 aromatic rings. The number of hydrogen-bond donors (Lipinski definition) is 0. The fraction of sp³-hybridized carbons (Fsp3) is 0.0667. The summed E-state index contributed by atoms with van der Waals surface area (Å²) in [6.45, 7) is 4.23. The first-order valence-electron chi connectivity index (χ1n) is 11.3. The van der Waals surface area contributed by atoms with Crippen molar-refractivity contribution in [3.05, 3.63) is 108 Å².